The number of carbonyl (C=O) groups excluding carboxylic acids is 1. The summed E-state index contributed by atoms with van der Waals surface area (Å²) in [6.07, 6.45) is 2.39. The number of rotatable bonds is 6. The molecule has 134 valence electrons. The van der Waals surface area contributed by atoms with Crippen molar-refractivity contribution in [2.45, 2.75) is 13.3 Å². The van der Waals surface area contributed by atoms with E-state index in [1.807, 2.05) is 18.2 Å². The van der Waals surface area contributed by atoms with Gasteiger partial charge in [0.05, 0.1) is 7.11 Å². The van der Waals surface area contributed by atoms with Gasteiger partial charge in [-0.1, -0.05) is 6.07 Å². The van der Waals surface area contributed by atoms with Crippen molar-refractivity contribution in [3.63, 3.8) is 0 Å². The zero-order valence-electron chi connectivity index (χ0n) is 14.5. The molecule has 0 saturated carbocycles. The van der Waals surface area contributed by atoms with E-state index >= 15 is 0 Å². The second-order valence-electron chi connectivity index (χ2n) is 5.48. The van der Waals surface area contributed by atoms with Crippen molar-refractivity contribution < 1.29 is 9.53 Å². The number of pyridine rings is 1. The normalized spacial score (nSPS) is 10.4. The third kappa shape index (κ3) is 4.12. The summed E-state index contributed by atoms with van der Waals surface area (Å²) < 4.78 is 6.89. The Kier molecular flexibility index (Phi) is 5.37. The Labute approximate surface area is 150 Å². The summed E-state index contributed by atoms with van der Waals surface area (Å²) in [6, 6.07) is 10.6. The van der Waals surface area contributed by atoms with Crippen LogP contribution in [0.2, 0.25) is 0 Å². The number of nitrogens with zero attached hydrogens (tertiary/aromatic N) is 5. The highest BCUT2D eigenvalue weighted by molar-refractivity contribution is 5.89. The largest absolute Gasteiger partial charge is 0.494 e. The lowest BCUT2D eigenvalue weighted by Crippen LogP contribution is -2.30. The van der Waals surface area contributed by atoms with Gasteiger partial charge < -0.3 is 15.4 Å². The number of nitrogens with one attached hydrogen (secondary N) is 2. The molecule has 0 unspecified atom stereocenters. The summed E-state index contributed by atoms with van der Waals surface area (Å²) >= 11 is 0. The Hall–Kier alpha value is -3.49. The minimum atomic E-state index is -0.300. The number of methoxy groups -OCH3 is 1. The van der Waals surface area contributed by atoms with Gasteiger partial charge in [-0.3, -0.25) is 4.98 Å². The second kappa shape index (κ2) is 8.06. The number of aromatic nitrogens is 5. The maximum atomic E-state index is 12.1. The number of benzene rings is 1. The van der Waals surface area contributed by atoms with Gasteiger partial charge in [0, 0.05) is 30.5 Å². The molecule has 0 aliphatic heterocycles. The molecule has 2 heterocycles. The van der Waals surface area contributed by atoms with Crippen LogP contribution in [-0.4, -0.2) is 44.9 Å². The molecular formula is C17H19N7O2. The monoisotopic (exact) mass is 353 g/mol. The summed E-state index contributed by atoms with van der Waals surface area (Å²) in [5.41, 5.74) is 2.17. The molecule has 0 aliphatic rings. The molecule has 3 aromatic rings. The first-order valence-corrected chi connectivity index (χ1v) is 8.05. The average Bonchev–Trinajstić information content (AvgIpc) is 3.08. The molecule has 26 heavy (non-hydrogen) atoms. The smallest absolute Gasteiger partial charge is 0.319 e. The van der Waals surface area contributed by atoms with Gasteiger partial charge in [-0.15, -0.1) is 5.10 Å². The van der Waals surface area contributed by atoms with Crippen molar-refractivity contribution in [2.24, 2.45) is 0 Å². The Bertz CT molecular complexity index is 880. The lowest BCUT2D eigenvalue weighted by molar-refractivity contribution is 0.252. The molecule has 0 spiro atoms. The van der Waals surface area contributed by atoms with Crippen molar-refractivity contribution in [3.05, 3.63) is 54.1 Å². The quantitative estimate of drug-likeness (QED) is 0.699. The van der Waals surface area contributed by atoms with Crippen LogP contribution in [0, 0.1) is 6.92 Å². The lowest BCUT2D eigenvalue weighted by Gasteiger charge is -2.12. The molecule has 2 aromatic heterocycles. The molecular weight excluding hydrogens is 334 g/mol. The Balaban J connectivity index is 1.64. The predicted octanol–water partition coefficient (Wildman–Crippen LogP) is 1.74. The summed E-state index contributed by atoms with van der Waals surface area (Å²) in [5.74, 6) is 1.21. The molecule has 9 heteroatoms. The van der Waals surface area contributed by atoms with Gasteiger partial charge >= 0.3 is 6.03 Å². The standard InChI is InChI=1S/C17H19N7O2/c1-12-21-22-23-24(12)15-11-14(6-7-16(15)26-2)20-17(25)19-10-8-13-5-3-4-9-18-13/h3-7,9,11H,8,10H2,1-2H3,(H2,19,20,25). The zero-order chi connectivity index (χ0) is 18.4. The van der Waals surface area contributed by atoms with Gasteiger partial charge in [-0.2, -0.15) is 4.68 Å². The summed E-state index contributed by atoms with van der Waals surface area (Å²) in [5, 5.41) is 17.0. The molecule has 2 N–H and O–H groups in total. The van der Waals surface area contributed by atoms with E-state index in [0.717, 1.165) is 5.69 Å². The Morgan fingerprint density at radius 2 is 2.15 bits per heavy atom. The van der Waals surface area contributed by atoms with Crippen molar-refractivity contribution in [2.75, 3.05) is 19.0 Å². The first-order chi connectivity index (χ1) is 12.7. The van der Waals surface area contributed by atoms with E-state index in [1.54, 1.807) is 43.1 Å². The van der Waals surface area contributed by atoms with E-state index in [1.165, 1.54) is 0 Å². The molecule has 0 radical (unpaired) electrons. The van der Waals surface area contributed by atoms with Crippen LogP contribution < -0.4 is 15.4 Å². The highest BCUT2D eigenvalue weighted by Gasteiger charge is 2.12. The van der Waals surface area contributed by atoms with E-state index in [-0.39, 0.29) is 6.03 Å². The molecule has 0 saturated heterocycles. The molecule has 1 aromatic carbocycles. The lowest BCUT2D eigenvalue weighted by atomic mass is 10.2. The second-order valence-corrected chi connectivity index (χ2v) is 5.48. The number of ether oxygens (including phenoxy) is 1. The number of anilines is 1. The van der Waals surface area contributed by atoms with Crippen molar-refractivity contribution >= 4 is 11.7 Å². The van der Waals surface area contributed by atoms with Crippen molar-refractivity contribution in [1.29, 1.82) is 0 Å². The van der Waals surface area contributed by atoms with Crippen molar-refractivity contribution in [1.82, 2.24) is 30.5 Å². The number of tetrazole rings is 1. The highest BCUT2D eigenvalue weighted by atomic mass is 16.5. The summed E-state index contributed by atoms with van der Waals surface area (Å²) in [4.78, 5) is 16.3. The van der Waals surface area contributed by atoms with Gasteiger partial charge in [0.1, 0.15) is 11.4 Å². The zero-order valence-corrected chi connectivity index (χ0v) is 14.5. The van der Waals surface area contributed by atoms with Gasteiger partial charge in [0.25, 0.3) is 0 Å². The maximum Gasteiger partial charge on any atom is 0.319 e. The summed E-state index contributed by atoms with van der Waals surface area (Å²) in [7, 11) is 1.57. The Morgan fingerprint density at radius 3 is 2.85 bits per heavy atom. The fourth-order valence-electron chi connectivity index (χ4n) is 2.41. The van der Waals surface area contributed by atoms with E-state index in [0.29, 0.717) is 35.9 Å². The van der Waals surface area contributed by atoms with Crippen molar-refractivity contribution in [3.8, 4) is 11.4 Å². The molecule has 0 atom stereocenters. The van der Waals surface area contributed by atoms with Crippen LogP contribution in [0.4, 0.5) is 10.5 Å². The van der Waals surface area contributed by atoms with E-state index < -0.39 is 0 Å². The Morgan fingerprint density at radius 1 is 1.27 bits per heavy atom. The topological polar surface area (TPSA) is 107 Å². The number of carbonyl (C=O) groups is 1. The number of hydrogen-bond acceptors (Lipinski definition) is 6. The van der Waals surface area contributed by atoms with E-state index in [2.05, 4.69) is 31.1 Å². The average molecular weight is 353 g/mol. The molecule has 0 bridgehead atoms. The fraction of sp³-hybridized carbons (Fsp3) is 0.235. The number of amides is 2. The predicted molar refractivity (Wildman–Crippen MR) is 95.4 cm³/mol. The minimum absolute atomic E-state index is 0.300. The van der Waals surface area contributed by atoms with Crippen LogP contribution in [0.15, 0.2) is 42.6 Å². The SMILES string of the molecule is COc1ccc(NC(=O)NCCc2ccccn2)cc1-n1nnnc1C. The molecule has 3 rings (SSSR count). The first-order valence-electron chi connectivity index (χ1n) is 8.05. The number of aryl methyl sites for hydroxylation is 1. The highest BCUT2D eigenvalue weighted by Crippen LogP contribution is 2.26. The number of urea groups is 1. The van der Waals surface area contributed by atoms with Crippen LogP contribution in [-0.2, 0) is 6.42 Å². The minimum Gasteiger partial charge on any atom is -0.494 e. The third-order valence-electron chi connectivity index (χ3n) is 3.68. The maximum absolute atomic E-state index is 12.1. The van der Waals surface area contributed by atoms with Gasteiger partial charge in [-0.25, -0.2) is 4.79 Å². The van der Waals surface area contributed by atoms with Crippen LogP contribution in [0.25, 0.3) is 5.69 Å². The summed E-state index contributed by atoms with van der Waals surface area (Å²) in [6.45, 7) is 2.27. The van der Waals surface area contributed by atoms with Gasteiger partial charge in [0.2, 0.25) is 0 Å². The van der Waals surface area contributed by atoms with Crippen LogP contribution >= 0.6 is 0 Å². The molecule has 0 aliphatic carbocycles. The van der Waals surface area contributed by atoms with Gasteiger partial charge in [0.15, 0.2) is 5.82 Å². The molecule has 9 nitrogen and oxygen atoms in total. The van der Waals surface area contributed by atoms with Gasteiger partial charge in [-0.05, 0) is 47.7 Å². The molecule has 2 amide bonds. The third-order valence-corrected chi connectivity index (χ3v) is 3.68. The van der Waals surface area contributed by atoms with E-state index in [4.69, 9.17) is 4.74 Å². The number of hydrogen-bond donors (Lipinski definition) is 2. The molecule has 0 fully saturated rings. The first kappa shape index (κ1) is 17.3. The van der Waals surface area contributed by atoms with Crippen LogP contribution in [0.5, 0.6) is 5.75 Å². The fourth-order valence-corrected chi connectivity index (χ4v) is 2.41. The van der Waals surface area contributed by atoms with E-state index in [9.17, 15) is 4.79 Å². The van der Waals surface area contributed by atoms with Crippen LogP contribution in [0.3, 0.4) is 0 Å². The van der Waals surface area contributed by atoms with Crippen LogP contribution in [0.1, 0.15) is 11.5 Å².